The molecule has 4 nitrogen and oxygen atoms in total. The van der Waals surface area contributed by atoms with Crippen LogP contribution in [0.15, 0.2) is 78.9 Å². The summed E-state index contributed by atoms with van der Waals surface area (Å²) < 4.78 is 27.6. The molecule has 0 heterocycles. The highest BCUT2D eigenvalue weighted by Crippen LogP contribution is 2.20. The van der Waals surface area contributed by atoms with E-state index in [1.54, 1.807) is 35.2 Å². The molecule has 36 heavy (non-hydrogen) atoms. The van der Waals surface area contributed by atoms with Gasteiger partial charge in [-0.2, -0.15) is 0 Å². The molecular weight excluding hydrogens is 478 g/mol. The van der Waals surface area contributed by atoms with Gasteiger partial charge in [-0.3, -0.25) is 9.59 Å². The molecule has 0 radical (unpaired) electrons. The summed E-state index contributed by atoms with van der Waals surface area (Å²) in [6, 6.07) is 21.1. The molecule has 0 aromatic heterocycles. The third kappa shape index (κ3) is 8.48. The first kappa shape index (κ1) is 27.4. The maximum Gasteiger partial charge on any atom is 0.243 e. The smallest absolute Gasteiger partial charge is 0.243 e. The van der Waals surface area contributed by atoms with Crippen molar-refractivity contribution in [3.05, 3.63) is 107 Å². The lowest BCUT2D eigenvalue weighted by Gasteiger charge is -2.34. The van der Waals surface area contributed by atoms with Crippen molar-refractivity contribution in [2.45, 2.75) is 51.1 Å². The summed E-state index contributed by atoms with van der Waals surface area (Å²) in [5.74, 6) is -0.786. The molecule has 7 heteroatoms. The van der Waals surface area contributed by atoms with Crippen molar-refractivity contribution in [3.63, 3.8) is 0 Å². The number of carbonyl (C=O) groups is 2. The molecule has 190 valence electrons. The second kappa shape index (κ2) is 12.7. The van der Waals surface area contributed by atoms with Crippen LogP contribution in [-0.4, -0.2) is 34.0 Å². The first-order valence-corrected chi connectivity index (χ1v) is 13.0. The van der Waals surface area contributed by atoms with E-state index in [-0.39, 0.29) is 35.7 Å². The van der Waals surface area contributed by atoms with Crippen LogP contribution in [0.1, 0.15) is 37.5 Å². The molecule has 0 bridgehead atoms. The lowest BCUT2D eigenvalue weighted by atomic mass is 10.0. The number of rotatable bonds is 10. The van der Waals surface area contributed by atoms with E-state index < -0.39 is 11.6 Å². The molecule has 0 spiro atoms. The highest BCUT2D eigenvalue weighted by atomic mass is 32.2. The lowest BCUT2D eigenvalue weighted by Crippen LogP contribution is -2.54. The Morgan fingerprint density at radius 2 is 1.53 bits per heavy atom. The third-order valence-corrected chi connectivity index (χ3v) is 6.44. The topological polar surface area (TPSA) is 49.4 Å². The Balaban J connectivity index is 1.87. The van der Waals surface area contributed by atoms with Gasteiger partial charge in [-0.15, -0.1) is 11.8 Å². The van der Waals surface area contributed by atoms with E-state index in [0.29, 0.717) is 23.3 Å². The molecule has 3 aromatic rings. The van der Waals surface area contributed by atoms with Gasteiger partial charge in [0.1, 0.15) is 17.7 Å². The molecule has 0 saturated carbocycles. The summed E-state index contributed by atoms with van der Waals surface area (Å²) in [4.78, 5) is 28.6. The van der Waals surface area contributed by atoms with Gasteiger partial charge >= 0.3 is 0 Å². The summed E-state index contributed by atoms with van der Waals surface area (Å²) in [7, 11) is 0. The van der Waals surface area contributed by atoms with Gasteiger partial charge in [0.15, 0.2) is 0 Å². The number of nitrogens with one attached hydrogen (secondary N) is 1. The highest BCUT2D eigenvalue weighted by Gasteiger charge is 2.32. The first-order chi connectivity index (χ1) is 17.1. The second-order valence-electron chi connectivity index (χ2n) is 9.68. The van der Waals surface area contributed by atoms with E-state index in [9.17, 15) is 18.4 Å². The van der Waals surface area contributed by atoms with Crippen molar-refractivity contribution in [1.82, 2.24) is 10.2 Å². The lowest BCUT2D eigenvalue weighted by molar-refractivity contribution is -0.140. The maximum atomic E-state index is 14.0. The normalized spacial score (nSPS) is 12.1. The molecule has 0 saturated heterocycles. The van der Waals surface area contributed by atoms with E-state index in [1.165, 1.54) is 30.0 Å². The van der Waals surface area contributed by atoms with Crippen LogP contribution in [0.25, 0.3) is 0 Å². The molecule has 0 aliphatic rings. The van der Waals surface area contributed by atoms with Crippen molar-refractivity contribution in [3.8, 4) is 0 Å². The average molecular weight is 511 g/mol. The number of amides is 2. The van der Waals surface area contributed by atoms with Crippen LogP contribution in [-0.2, 0) is 28.3 Å². The van der Waals surface area contributed by atoms with Crippen molar-refractivity contribution in [2.24, 2.45) is 0 Å². The molecule has 2 amide bonds. The number of carbonyl (C=O) groups excluding carboxylic acids is 2. The minimum absolute atomic E-state index is 0.0730. The summed E-state index contributed by atoms with van der Waals surface area (Å²) >= 11 is 1.30. The van der Waals surface area contributed by atoms with Crippen LogP contribution in [0.3, 0.4) is 0 Å². The van der Waals surface area contributed by atoms with Crippen molar-refractivity contribution in [1.29, 1.82) is 0 Å². The van der Waals surface area contributed by atoms with Gasteiger partial charge in [0, 0.05) is 24.3 Å². The Morgan fingerprint density at radius 1 is 0.889 bits per heavy atom. The van der Waals surface area contributed by atoms with Crippen LogP contribution in [0.2, 0.25) is 0 Å². The van der Waals surface area contributed by atoms with Gasteiger partial charge in [0.25, 0.3) is 0 Å². The number of nitrogens with zero attached hydrogens (tertiary/aromatic N) is 1. The fourth-order valence-corrected chi connectivity index (χ4v) is 4.64. The second-order valence-corrected chi connectivity index (χ2v) is 10.7. The summed E-state index contributed by atoms with van der Waals surface area (Å²) in [5, 5.41) is 3.01. The fraction of sp³-hybridized carbons (Fsp3) is 0.310. The van der Waals surface area contributed by atoms with Crippen LogP contribution in [0.4, 0.5) is 8.78 Å². The van der Waals surface area contributed by atoms with Gasteiger partial charge in [-0.25, -0.2) is 8.78 Å². The Hall–Kier alpha value is -3.19. The number of thioether (sulfide) groups is 1. The Kier molecular flexibility index (Phi) is 9.65. The van der Waals surface area contributed by atoms with Crippen LogP contribution in [0.5, 0.6) is 0 Å². The predicted molar refractivity (Wildman–Crippen MR) is 141 cm³/mol. The Labute approximate surface area is 216 Å². The largest absolute Gasteiger partial charge is 0.350 e. The van der Waals surface area contributed by atoms with E-state index in [4.69, 9.17) is 0 Å². The highest BCUT2D eigenvalue weighted by molar-refractivity contribution is 7.99. The van der Waals surface area contributed by atoms with Crippen LogP contribution in [0, 0.1) is 11.6 Å². The van der Waals surface area contributed by atoms with Gasteiger partial charge in [0.05, 0.1) is 5.75 Å². The van der Waals surface area contributed by atoms with Gasteiger partial charge in [0.2, 0.25) is 11.8 Å². The minimum atomic E-state index is -0.779. The Morgan fingerprint density at radius 3 is 2.17 bits per heavy atom. The number of halogens is 2. The Bertz CT molecular complexity index is 1150. The van der Waals surface area contributed by atoms with Gasteiger partial charge < -0.3 is 10.2 Å². The third-order valence-electron chi connectivity index (χ3n) is 5.48. The maximum absolute atomic E-state index is 14.0. The molecule has 3 rings (SSSR count). The summed E-state index contributed by atoms with van der Waals surface area (Å²) in [5.41, 5.74) is 1.66. The molecule has 0 aliphatic heterocycles. The predicted octanol–water partition coefficient (Wildman–Crippen LogP) is 5.75. The van der Waals surface area contributed by atoms with E-state index >= 15 is 0 Å². The number of hydrogen-bond donors (Lipinski definition) is 1. The van der Waals surface area contributed by atoms with Crippen molar-refractivity contribution in [2.75, 3.05) is 5.75 Å². The molecule has 0 fully saturated rings. The summed E-state index contributed by atoms with van der Waals surface area (Å²) in [6.07, 6.45) is 0.327. The molecule has 1 atom stereocenters. The molecular formula is C29H32F2N2O2S. The minimum Gasteiger partial charge on any atom is -0.350 e. The zero-order valence-electron chi connectivity index (χ0n) is 20.8. The standard InChI is InChI=1S/C29H32F2N2O2S/c1-29(2,3)32-28(35)26(17-21-9-5-4-6-10-21)33(18-22-13-15-24(30)16-14-22)27(34)20-36-19-23-11-7-8-12-25(23)31/h4-16,26H,17-20H2,1-3H3,(H,32,35). The SMILES string of the molecule is CC(C)(C)NC(=O)C(Cc1ccccc1)N(Cc1ccc(F)cc1)C(=O)CSCc1ccccc1F. The van der Waals surface area contributed by atoms with E-state index in [2.05, 4.69) is 5.32 Å². The molecule has 1 N–H and O–H groups in total. The van der Waals surface area contributed by atoms with Crippen LogP contribution >= 0.6 is 11.8 Å². The van der Waals surface area contributed by atoms with E-state index in [1.807, 2.05) is 51.1 Å². The van der Waals surface area contributed by atoms with Crippen molar-refractivity contribution < 1.29 is 18.4 Å². The van der Waals surface area contributed by atoms with Crippen molar-refractivity contribution >= 4 is 23.6 Å². The molecule has 0 aliphatic carbocycles. The fourth-order valence-electron chi connectivity index (χ4n) is 3.74. The van der Waals surface area contributed by atoms with Gasteiger partial charge in [-0.05, 0) is 55.7 Å². The zero-order valence-corrected chi connectivity index (χ0v) is 21.7. The molecule has 1 unspecified atom stereocenters. The van der Waals surface area contributed by atoms with Crippen LogP contribution < -0.4 is 5.32 Å². The average Bonchev–Trinajstić information content (AvgIpc) is 2.83. The first-order valence-electron chi connectivity index (χ1n) is 11.8. The van der Waals surface area contributed by atoms with Gasteiger partial charge in [-0.1, -0.05) is 60.7 Å². The quantitative estimate of drug-likeness (QED) is 0.378. The van der Waals surface area contributed by atoms with E-state index in [0.717, 1.165) is 5.56 Å². The number of benzene rings is 3. The summed E-state index contributed by atoms with van der Waals surface area (Å²) in [6.45, 7) is 5.82. The monoisotopic (exact) mass is 510 g/mol. The zero-order chi connectivity index (χ0) is 26.1. The number of hydrogen-bond acceptors (Lipinski definition) is 3. The molecule has 3 aromatic carbocycles.